The summed E-state index contributed by atoms with van der Waals surface area (Å²) in [5.41, 5.74) is 1.16. The van der Waals surface area contributed by atoms with Crippen molar-refractivity contribution in [2.24, 2.45) is 12.0 Å². The van der Waals surface area contributed by atoms with Crippen molar-refractivity contribution in [3.05, 3.63) is 11.9 Å². The summed E-state index contributed by atoms with van der Waals surface area (Å²) in [7, 11) is 7.93. The van der Waals surface area contributed by atoms with E-state index in [1.54, 1.807) is 0 Å². The Kier molecular flexibility index (Phi) is 8.52. The van der Waals surface area contributed by atoms with E-state index in [1.807, 2.05) is 39.3 Å². The lowest BCUT2D eigenvalue weighted by molar-refractivity contribution is 0.407. The molecule has 1 N–H and O–H groups in total. The number of guanidine groups is 1. The molecule has 0 bridgehead atoms. The molecule has 8 heteroatoms. The Labute approximate surface area is 161 Å². The average Bonchev–Trinajstić information content (AvgIpc) is 2.89. The van der Waals surface area contributed by atoms with Gasteiger partial charge in [-0.1, -0.05) is 6.92 Å². The molecule has 1 fully saturated rings. The fourth-order valence-electron chi connectivity index (χ4n) is 2.67. The van der Waals surface area contributed by atoms with Crippen LogP contribution in [0.3, 0.4) is 0 Å². The second-order valence-corrected chi connectivity index (χ2v) is 7.16. The third kappa shape index (κ3) is 5.17. The zero-order valence-corrected chi connectivity index (χ0v) is 17.9. The molecule has 0 amide bonds. The molecule has 2 heterocycles. The monoisotopic (exact) mass is 452 g/mol. The molecule has 1 aromatic heterocycles. The Morgan fingerprint density at radius 3 is 2.83 bits per heavy atom. The summed E-state index contributed by atoms with van der Waals surface area (Å²) in [5.74, 6) is 3.13. The summed E-state index contributed by atoms with van der Waals surface area (Å²) < 4.78 is 2.11. The molecule has 6 nitrogen and oxygen atoms in total. The van der Waals surface area contributed by atoms with E-state index in [-0.39, 0.29) is 24.0 Å². The van der Waals surface area contributed by atoms with Gasteiger partial charge in [-0.3, -0.25) is 4.99 Å². The number of anilines is 1. The van der Waals surface area contributed by atoms with E-state index in [0.717, 1.165) is 37.2 Å². The molecule has 132 valence electrons. The second kappa shape index (κ2) is 9.61. The van der Waals surface area contributed by atoms with Gasteiger partial charge >= 0.3 is 0 Å². The van der Waals surface area contributed by atoms with Gasteiger partial charge in [0.2, 0.25) is 5.95 Å². The van der Waals surface area contributed by atoms with E-state index in [9.17, 15) is 0 Å². The molecule has 0 spiro atoms. The van der Waals surface area contributed by atoms with Crippen LogP contribution < -0.4 is 10.2 Å². The standard InChI is InChI=1S/C15H28N6S.HI/c1-6-13-11-21(7-8-22-13)14(16-2)17-9-12-10-18-15(19(3)4)20(12)5;/h10,13H,6-9,11H2,1-5H3,(H,16,17);1H. The molecule has 0 saturated carbocycles. The zero-order valence-electron chi connectivity index (χ0n) is 14.7. The summed E-state index contributed by atoms with van der Waals surface area (Å²) in [5, 5.41) is 4.19. The summed E-state index contributed by atoms with van der Waals surface area (Å²) in [6.07, 6.45) is 3.14. The maximum Gasteiger partial charge on any atom is 0.204 e. The Morgan fingerprint density at radius 1 is 1.52 bits per heavy atom. The highest BCUT2D eigenvalue weighted by atomic mass is 127. The number of aromatic nitrogens is 2. The van der Waals surface area contributed by atoms with Crippen LogP contribution in [0.2, 0.25) is 0 Å². The molecule has 2 rings (SSSR count). The quantitative estimate of drug-likeness (QED) is 0.431. The first-order valence-electron chi connectivity index (χ1n) is 7.81. The molecule has 1 saturated heterocycles. The van der Waals surface area contributed by atoms with Crippen LogP contribution >= 0.6 is 35.7 Å². The SMILES string of the molecule is CCC1CN(C(=NC)NCc2cnc(N(C)C)n2C)CCS1.I. The second-order valence-electron chi connectivity index (χ2n) is 5.75. The third-order valence-corrected chi connectivity index (χ3v) is 5.37. The van der Waals surface area contributed by atoms with Gasteiger partial charge in [-0.2, -0.15) is 11.8 Å². The van der Waals surface area contributed by atoms with Crippen molar-refractivity contribution in [1.29, 1.82) is 0 Å². The van der Waals surface area contributed by atoms with Crippen molar-refractivity contribution in [1.82, 2.24) is 19.8 Å². The van der Waals surface area contributed by atoms with Gasteiger partial charge in [-0.15, -0.1) is 24.0 Å². The largest absolute Gasteiger partial charge is 0.351 e. The van der Waals surface area contributed by atoms with Gasteiger partial charge in [0, 0.05) is 52.3 Å². The van der Waals surface area contributed by atoms with Gasteiger partial charge in [0.05, 0.1) is 18.4 Å². The third-order valence-electron chi connectivity index (χ3n) is 3.99. The Hall–Kier alpha value is -0.640. The molecule has 1 unspecified atom stereocenters. The summed E-state index contributed by atoms with van der Waals surface area (Å²) in [6.45, 7) is 5.14. The van der Waals surface area contributed by atoms with Crippen molar-refractivity contribution in [2.75, 3.05) is 44.9 Å². The first-order chi connectivity index (χ1) is 10.6. The number of hydrogen-bond acceptors (Lipinski definition) is 4. The molecule has 0 aliphatic carbocycles. The van der Waals surface area contributed by atoms with Gasteiger partial charge in [0.1, 0.15) is 0 Å². The first-order valence-corrected chi connectivity index (χ1v) is 8.86. The Balaban J connectivity index is 0.00000264. The Morgan fingerprint density at radius 2 is 2.26 bits per heavy atom. The maximum absolute atomic E-state index is 4.45. The van der Waals surface area contributed by atoms with Crippen molar-refractivity contribution in [3.63, 3.8) is 0 Å². The van der Waals surface area contributed by atoms with Crippen molar-refractivity contribution >= 4 is 47.6 Å². The van der Waals surface area contributed by atoms with Crippen LogP contribution in [0, 0.1) is 0 Å². The van der Waals surface area contributed by atoms with E-state index in [0.29, 0.717) is 5.25 Å². The fourth-order valence-corrected chi connectivity index (χ4v) is 3.85. The van der Waals surface area contributed by atoms with Gasteiger partial charge < -0.3 is 19.7 Å². The number of hydrogen-bond donors (Lipinski definition) is 1. The van der Waals surface area contributed by atoms with E-state index in [4.69, 9.17) is 0 Å². The molecule has 1 atom stereocenters. The smallest absolute Gasteiger partial charge is 0.204 e. The topological polar surface area (TPSA) is 48.7 Å². The van der Waals surface area contributed by atoms with Gasteiger partial charge in [-0.05, 0) is 6.42 Å². The molecule has 23 heavy (non-hydrogen) atoms. The normalized spacial score (nSPS) is 18.6. The molecule has 0 radical (unpaired) electrons. The van der Waals surface area contributed by atoms with Crippen LogP contribution in [0.5, 0.6) is 0 Å². The van der Waals surface area contributed by atoms with Gasteiger partial charge in [0.15, 0.2) is 5.96 Å². The highest BCUT2D eigenvalue weighted by Crippen LogP contribution is 2.21. The predicted molar refractivity (Wildman–Crippen MR) is 111 cm³/mol. The van der Waals surface area contributed by atoms with Gasteiger partial charge in [0.25, 0.3) is 0 Å². The highest BCUT2D eigenvalue weighted by Gasteiger charge is 2.21. The number of aliphatic imine (C=N–C) groups is 1. The maximum atomic E-state index is 4.45. The number of nitrogens with zero attached hydrogens (tertiary/aromatic N) is 5. The lowest BCUT2D eigenvalue weighted by Gasteiger charge is -2.34. The van der Waals surface area contributed by atoms with Crippen molar-refractivity contribution in [3.8, 4) is 0 Å². The van der Waals surface area contributed by atoms with Crippen LogP contribution in [0.4, 0.5) is 5.95 Å². The zero-order chi connectivity index (χ0) is 16.1. The number of rotatable bonds is 4. The Bertz CT molecular complexity index is 516. The minimum atomic E-state index is 0. The van der Waals surface area contributed by atoms with Crippen molar-refractivity contribution < 1.29 is 0 Å². The molecular weight excluding hydrogens is 423 g/mol. The van der Waals surface area contributed by atoms with E-state index < -0.39 is 0 Å². The van der Waals surface area contributed by atoms with Crippen molar-refractivity contribution in [2.45, 2.75) is 25.1 Å². The lowest BCUT2D eigenvalue weighted by atomic mass is 10.3. The molecule has 0 aromatic carbocycles. The summed E-state index contributed by atoms with van der Waals surface area (Å²) in [6, 6.07) is 0. The summed E-state index contributed by atoms with van der Waals surface area (Å²) >= 11 is 2.07. The van der Waals surface area contributed by atoms with Crippen LogP contribution in [0.1, 0.15) is 19.0 Å². The number of thioether (sulfide) groups is 1. The van der Waals surface area contributed by atoms with Crippen LogP contribution in [-0.4, -0.2) is 65.6 Å². The number of imidazole rings is 1. The van der Waals surface area contributed by atoms with Crippen LogP contribution in [-0.2, 0) is 13.6 Å². The molecule has 1 aliphatic heterocycles. The molecular formula is C15H29IN6S. The number of nitrogens with one attached hydrogen (secondary N) is 1. The van der Waals surface area contributed by atoms with E-state index in [1.165, 1.54) is 12.2 Å². The van der Waals surface area contributed by atoms with Crippen LogP contribution in [0.15, 0.2) is 11.2 Å². The highest BCUT2D eigenvalue weighted by molar-refractivity contribution is 14.0. The average molecular weight is 452 g/mol. The fraction of sp³-hybridized carbons (Fsp3) is 0.733. The summed E-state index contributed by atoms with van der Waals surface area (Å²) in [4.78, 5) is 13.3. The lowest BCUT2D eigenvalue weighted by Crippen LogP contribution is -2.47. The first kappa shape index (κ1) is 20.4. The minimum Gasteiger partial charge on any atom is -0.351 e. The predicted octanol–water partition coefficient (Wildman–Crippen LogP) is 2.01. The molecule has 1 aliphatic rings. The molecule has 1 aromatic rings. The number of halogens is 1. The van der Waals surface area contributed by atoms with E-state index in [2.05, 4.69) is 43.4 Å². The minimum absolute atomic E-state index is 0. The van der Waals surface area contributed by atoms with Gasteiger partial charge in [-0.25, -0.2) is 4.98 Å². The van der Waals surface area contributed by atoms with Crippen LogP contribution in [0.25, 0.3) is 0 Å². The van der Waals surface area contributed by atoms with E-state index >= 15 is 0 Å².